The van der Waals surface area contributed by atoms with Crippen LogP contribution in [-0.4, -0.2) is 24.4 Å². The van der Waals surface area contributed by atoms with Crippen LogP contribution in [0.2, 0.25) is 0 Å². The van der Waals surface area contributed by atoms with Gasteiger partial charge in [-0.2, -0.15) is 21.6 Å². The molecule has 3 aromatic rings. The fourth-order valence-corrected chi connectivity index (χ4v) is 3.14. The largest absolute Gasteiger partial charge is 0.534 e. The van der Waals surface area contributed by atoms with Crippen molar-refractivity contribution in [1.29, 1.82) is 0 Å². The summed E-state index contributed by atoms with van der Waals surface area (Å²) in [7, 11) is -6.03. The van der Waals surface area contributed by atoms with Gasteiger partial charge in [-0.3, -0.25) is 4.79 Å². The number of aromatic nitrogens is 1. The van der Waals surface area contributed by atoms with Crippen molar-refractivity contribution in [3.63, 3.8) is 0 Å². The van der Waals surface area contributed by atoms with E-state index < -0.39 is 33.1 Å². The first-order chi connectivity index (χ1) is 13.0. The fraction of sp³-hybridized carbons (Fsp3) is 0.118. The number of hydrogen-bond donors (Lipinski definition) is 1. The molecule has 0 spiro atoms. The first kappa shape index (κ1) is 19.7. The predicted octanol–water partition coefficient (Wildman–Crippen LogP) is 3.16. The molecule has 28 heavy (non-hydrogen) atoms. The summed E-state index contributed by atoms with van der Waals surface area (Å²) in [5, 5.41) is -0.209. The molecule has 0 aliphatic heterocycles. The van der Waals surface area contributed by atoms with Crippen LogP contribution in [-0.2, 0) is 16.7 Å². The van der Waals surface area contributed by atoms with Crippen LogP contribution >= 0.6 is 0 Å². The number of fused-ring (bicyclic) bond motifs is 1. The van der Waals surface area contributed by atoms with Crippen molar-refractivity contribution in [2.24, 2.45) is 5.73 Å². The second-order valence-corrected chi connectivity index (χ2v) is 7.32. The highest BCUT2D eigenvalue weighted by atomic mass is 32.2. The highest BCUT2D eigenvalue weighted by Gasteiger charge is 2.48. The number of carbonyl (C=O) groups is 1. The molecule has 0 atom stereocenters. The Morgan fingerprint density at radius 1 is 1.11 bits per heavy atom. The Hall–Kier alpha value is -3.08. The molecule has 2 aromatic carbocycles. The number of carbonyl (C=O) groups excluding carboxylic acids is 1. The van der Waals surface area contributed by atoms with E-state index in [0.717, 1.165) is 12.1 Å². The van der Waals surface area contributed by atoms with E-state index in [1.807, 2.05) is 0 Å². The van der Waals surface area contributed by atoms with E-state index in [1.165, 1.54) is 4.57 Å². The molecule has 6 nitrogen and oxygen atoms in total. The van der Waals surface area contributed by atoms with Gasteiger partial charge in [0.25, 0.3) is 5.91 Å². The van der Waals surface area contributed by atoms with Gasteiger partial charge in [0.05, 0.1) is 5.52 Å². The quantitative estimate of drug-likeness (QED) is 0.393. The van der Waals surface area contributed by atoms with Gasteiger partial charge in [0, 0.05) is 18.0 Å². The molecule has 0 bridgehead atoms. The van der Waals surface area contributed by atoms with Crippen LogP contribution in [0.4, 0.5) is 17.6 Å². The van der Waals surface area contributed by atoms with Crippen LogP contribution in [0, 0.1) is 5.82 Å². The molecule has 3 rings (SSSR count). The maximum absolute atomic E-state index is 14.0. The summed E-state index contributed by atoms with van der Waals surface area (Å²) in [5.74, 6) is -2.89. The number of nitrogens with zero attached hydrogens (tertiary/aromatic N) is 1. The molecule has 2 N–H and O–H groups in total. The van der Waals surface area contributed by atoms with Gasteiger partial charge >= 0.3 is 15.6 Å². The minimum Gasteiger partial charge on any atom is -0.375 e. The van der Waals surface area contributed by atoms with Gasteiger partial charge < -0.3 is 14.5 Å². The highest BCUT2D eigenvalue weighted by Crippen LogP contribution is 2.34. The predicted molar refractivity (Wildman–Crippen MR) is 91.6 cm³/mol. The molecule has 0 unspecified atom stereocenters. The minimum absolute atomic E-state index is 0.0392. The van der Waals surface area contributed by atoms with Crippen LogP contribution in [0.1, 0.15) is 16.1 Å². The van der Waals surface area contributed by atoms with Crippen LogP contribution in [0.3, 0.4) is 0 Å². The number of halogens is 4. The summed E-state index contributed by atoms with van der Waals surface area (Å²) in [6.07, 6.45) is 0. The van der Waals surface area contributed by atoms with Crippen molar-refractivity contribution < 1.29 is 35.0 Å². The van der Waals surface area contributed by atoms with Gasteiger partial charge in [-0.05, 0) is 17.7 Å². The zero-order chi connectivity index (χ0) is 20.7. The molecule has 1 aromatic heterocycles. The van der Waals surface area contributed by atoms with Gasteiger partial charge in [-0.1, -0.05) is 30.3 Å². The molecule has 0 fully saturated rings. The number of rotatable bonds is 5. The van der Waals surface area contributed by atoms with Gasteiger partial charge in [0.1, 0.15) is 11.5 Å². The monoisotopic (exact) mass is 416 g/mol. The van der Waals surface area contributed by atoms with Gasteiger partial charge in [-0.25, -0.2) is 4.39 Å². The smallest absolute Gasteiger partial charge is 0.375 e. The average Bonchev–Trinajstić information content (AvgIpc) is 2.93. The van der Waals surface area contributed by atoms with Crippen molar-refractivity contribution in [3.8, 4) is 5.75 Å². The lowest BCUT2D eigenvalue weighted by atomic mass is 10.2. The molecule has 0 aliphatic rings. The Balaban J connectivity index is 2.21. The van der Waals surface area contributed by atoms with E-state index in [4.69, 9.17) is 5.73 Å². The maximum Gasteiger partial charge on any atom is 0.534 e. The van der Waals surface area contributed by atoms with Crippen molar-refractivity contribution in [3.05, 3.63) is 65.6 Å². The lowest BCUT2D eigenvalue weighted by Crippen LogP contribution is -2.28. The van der Waals surface area contributed by atoms with Crippen LogP contribution in [0.15, 0.2) is 48.5 Å². The molecule has 0 aliphatic carbocycles. The topological polar surface area (TPSA) is 91.4 Å². The fourth-order valence-electron chi connectivity index (χ4n) is 2.67. The molecule has 0 saturated heterocycles. The van der Waals surface area contributed by atoms with Gasteiger partial charge in [0.15, 0.2) is 5.75 Å². The third-order valence-corrected chi connectivity index (χ3v) is 4.83. The van der Waals surface area contributed by atoms with Crippen molar-refractivity contribution in [2.45, 2.75) is 12.1 Å². The third-order valence-electron chi connectivity index (χ3n) is 3.87. The second-order valence-electron chi connectivity index (χ2n) is 5.79. The molecule has 148 valence electrons. The summed E-state index contributed by atoms with van der Waals surface area (Å²) in [5.41, 5.74) is 0.107. The Kier molecular flexibility index (Phi) is 4.79. The van der Waals surface area contributed by atoms with E-state index in [-0.39, 0.29) is 23.1 Å². The summed E-state index contributed by atoms with van der Waals surface area (Å²) >= 11 is 0. The molecule has 0 radical (unpaired) electrons. The van der Waals surface area contributed by atoms with E-state index in [1.54, 1.807) is 30.3 Å². The highest BCUT2D eigenvalue weighted by molar-refractivity contribution is 7.88. The number of nitrogens with two attached hydrogens (primary N) is 1. The third kappa shape index (κ3) is 3.65. The lowest BCUT2D eigenvalue weighted by molar-refractivity contribution is -0.0499. The van der Waals surface area contributed by atoms with Crippen molar-refractivity contribution in [1.82, 2.24) is 4.57 Å². The number of benzene rings is 2. The second kappa shape index (κ2) is 6.82. The SMILES string of the molecule is NC(=O)c1cc2c(OS(=O)(=O)C(F)(F)F)cc(F)cc2n1Cc1ccccc1. The zero-order valence-corrected chi connectivity index (χ0v) is 14.7. The molecular weight excluding hydrogens is 404 g/mol. The maximum atomic E-state index is 14.0. The van der Waals surface area contributed by atoms with E-state index in [2.05, 4.69) is 4.18 Å². The molecule has 1 amide bonds. The standard InChI is InChI=1S/C17H12F4N2O4S/c18-11-6-13-12(15(7-11)27-28(25,26)17(19,20)21)8-14(16(22)24)23(13)9-10-4-2-1-3-5-10/h1-8H,9H2,(H2,22,24). The summed E-state index contributed by atoms with van der Waals surface area (Å²) < 4.78 is 79.9. The molecule has 0 saturated carbocycles. The van der Waals surface area contributed by atoms with Gasteiger partial charge in [-0.15, -0.1) is 0 Å². The van der Waals surface area contributed by atoms with Crippen molar-refractivity contribution in [2.75, 3.05) is 0 Å². The first-order valence-corrected chi connectivity index (χ1v) is 9.07. The van der Waals surface area contributed by atoms with E-state index in [9.17, 15) is 30.8 Å². The van der Waals surface area contributed by atoms with Crippen molar-refractivity contribution >= 4 is 26.9 Å². The lowest BCUT2D eigenvalue weighted by Gasteiger charge is -2.12. The number of primary amides is 1. The Labute approximate surface area is 156 Å². The van der Waals surface area contributed by atoms with E-state index >= 15 is 0 Å². The van der Waals surface area contributed by atoms with Crippen LogP contribution in [0.25, 0.3) is 10.9 Å². The average molecular weight is 416 g/mol. The minimum atomic E-state index is -6.03. The Morgan fingerprint density at radius 2 is 1.75 bits per heavy atom. The number of alkyl halides is 3. The first-order valence-electron chi connectivity index (χ1n) is 7.67. The van der Waals surface area contributed by atoms with Crippen LogP contribution < -0.4 is 9.92 Å². The molecule has 11 heteroatoms. The molecular formula is C17H12F4N2O4S. The zero-order valence-electron chi connectivity index (χ0n) is 13.9. The Bertz CT molecular complexity index is 1160. The normalized spacial score (nSPS) is 12.3. The Morgan fingerprint density at radius 3 is 2.32 bits per heavy atom. The number of amides is 1. The number of hydrogen-bond acceptors (Lipinski definition) is 4. The molecule has 1 heterocycles. The summed E-state index contributed by atoms with van der Waals surface area (Å²) in [4.78, 5) is 11.8. The summed E-state index contributed by atoms with van der Waals surface area (Å²) in [6.45, 7) is 0.0392. The van der Waals surface area contributed by atoms with E-state index in [0.29, 0.717) is 11.6 Å². The van der Waals surface area contributed by atoms with Crippen LogP contribution in [0.5, 0.6) is 5.75 Å². The summed E-state index contributed by atoms with van der Waals surface area (Å²) in [6, 6.07) is 11.1. The van der Waals surface area contributed by atoms with Gasteiger partial charge in [0.2, 0.25) is 0 Å².